The van der Waals surface area contributed by atoms with Crippen molar-refractivity contribution in [3.05, 3.63) is 47.1 Å². The zero-order valence-corrected chi connectivity index (χ0v) is 15.2. The fourth-order valence-corrected chi connectivity index (χ4v) is 4.07. The lowest BCUT2D eigenvalue weighted by Gasteiger charge is -2.27. The summed E-state index contributed by atoms with van der Waals surface area (Å²) in [6, 6.07) is 7.33. The summed E-state index contributed by atoms with van der Waals surface area (Å²) in [4.78, 5) is 36.5. The van der Waals surface area contributed by atoms with Crippen LogP contribution in [0, 0.1) is 17.7 Å². The molecule has 6 nitrogen and oxygen atoms in total. The highest BCUT2D eigenvalue weighted by Crippen LogP contribution is 2.33. The zero-order chi connectivity index (χ0) is 19.4. The van der Waals surface area contributed by atoms with Crippen LogP contribution in [0.4, 0.5) is 15.1 Å². The summed E-state index contributed by atoms with van der Waals surface area (Å²) in [5.74, 6) is -3.81. The van der Waals surface area contributed by atoms with Crippen molar-refractivity contribution in [2.24, 2.45) is 11.8 Å². The van der Waals surface area contributed by atoms with Crippen LogP contribution in [-0.2, 0) is 9.59 Å². The van der Waals surface area contributed by atoms with Crippen LogP contribution < -0.4 is 10.6 Å². The van der Waals surface area contributed by atoms with Gasteiger partial charge in [0.1, 0.15) is 10.8 Å². The van der Waals surface area contributed by atoms with E-state index in [1.165, 1.54) is 24.3 Å². The van der Waals surface area contributed by atoms with E-state index >= 15 is 0 Å². The minimum absolute atomic E-state index is 0.0456. The zero-order valence-electron chi connectivity index (χ0n) is 14.4. The van der Waals surface area contributed by atoms with Crippen molar-refractivity contribution in [2.45, 2.75) is 25.7 Å². The molecule has 2 unspecified atom stereocenters. The average molecular weight is 390 g/mol. The van der Waals surface area contributed by atoms with E-state index in [1.54, 1.807) is 11.4 Å². The maximum atomic E-state index is 13.7. The molecule has 3 N–H and O–H groups in total. The number of carboxylic acid groups (broad SMARTS) is 1. The van der Waals surface area contributed by atoms with Gasteiger partial charge in [-0.1, -0.05) is 25.0 Å². The van der Waals surface area contributed by atoms with Crippen LogP contribution >= 0.6 is 11.3 Å². The summed E-state index contributed by atoms with van der Waals surface area (Å²) in [6.45, 7) is 0. The molecule has 0 spiro atoms. The molecule has 0 saturated heterocycles. The molecule has 8 heteroatoms. The number of hydrogen-bond donors (Lipinski definition) is 3. The molecule has 1 aromatic heterocycles. The number of carboxylic acids is 1. The van der Waals surface area contributed by atoms with E-state index < -0.39 is 35.4 Å². The molecular weight excluding hydrogens is 371 g/mol. The molecule has 3 rings (SSSR count). The molecule has 0 aliphatic heterocycles. The van der Waals surface area contributed by atoms with Gasteiger partial charge in [0.05, 0.1) is 23.1 Å². The Labute approximate surface area is 159 Å². The first kappa shape index (κ1) is 19.0. The van der Waals surface area contributed by atoms with Crippen LogP contribution in [0.5, 0.6) is 0 Å². The largest absolute Gasteiger partial charge is 0.481 e. The van der Waals surface area contributed by atoms with E-state index in [4.69, 9.17) is 0 Å². The molecule has 1 heterocycles. The topological polar surface area (TPSA) is 95.5 Å². The number of halogens is 1. The number of carbonyl (C=O) groups excluding carboxylic acids is 2. The van der Waals surface area contributed by atoms with E-state index in [0.717, 1.165) is 24.2 Å². The molecule has 27 heavy (non-hydrogen) atoms. The molecule has 1 aromatic carbocycles. The number of nitrogens with one attached hydrogen (secondary N) is 2. The third kappa shape index (κ3) is 4.33. The molecule has 1 aliphatic rings. The number of benzene rings is 1. The van der Waals surface area contributed by atoms with Gasteiger partial charge in [-0.15, -0.1) is 11.3 Å². The van der Waals surface area contributed by atoms with E-state index in [0.29, 0.717) is 17.8 Å². The van der Waals surface area contributed by atoms with Gasteiger partial charge in [-0.05, 0) is 36.4 Å². The van der Waals surface area contributed by atoms with Crippen LogP contribution in [0.15, 0.2) is 35.7 Å². The van der Waals surface area contributed by atoms with E-state index in [1.807, 2.05) is 0 Å². The Morgan fingerprint density at radius 3 is 2.44 bits per heavy atom. The van der Waals surface area contributed by atoms with Crippen molar-refractivity contribution < 1.29 is 23.9 Å². The molecule has 1 fully saturated rings. The van der Waals surface area contributed by atoms with Gasteiger partial charge in [0.25, 0.3) is 5.91 Å². The third-order valence-electron chi connectivity index (χ3n) is 4.69. The first-order chi connectivity index (χ1) is 13.0. The number of aliphatic carboxylic acids is 1. The monoisotopic (exact) mass is 390 g/mol. The Hall–Kier alpha value is -2.74. The predicted molar refractivity (Wildman–Crippen MR) is 100 cm³/mol. The Morgan fingerprint density at radius 2 is 1.74 bits per heavy atom. The normalized spacial score (nSPS) is 19.3. The van der Waals surface area contributed by atoms with Gasteiger partial charge >= 0.3 is 5.97 Å². The molecule has 2 atom stereocenters. The van der Waals surface area contributed by atoms with Gasteiger partial charge < -0.3 is 15.7 Å². The van der Waals surface area contributed by atoms with Crippen molar-refractivity contribution >= 4 is 39.8 Å². The number of anilines is 2. The van der Waals surface area contributed by atoms with Crippen LogP contribution in [0.2, 0.25) is 0 Å². The lowest BCUT2D eigenvalue weighted by molar-refractivity contribution is -0.147. The molecule has 0 radical (unpaired) electrons. The predicted octanol–water partition coefficient (Wildman–Crippen LogP) is 3.97. The van der Waals surface area contributed by atoms with Crippen molar-refractivity contribution in [1.82, 2.24) is 0 Å². The highest BCUT2D eigenvalue weighted by Gasteiger charge is 2.36. The third-order valence-corrected chi connectivity index (χ3v) is 5.52. The molecule has 2 aromatic rings. The van der Waals surface area contributed by atoms with Gasteiger partial charge in [0, 0.05) is 0 Å². The molecule has 0 bridgehead atoms. The van der Waals surface area contributed by atoms with Crippen molar-refractivity contribution in [2.75, 3.05) is 10.6 Å². The van der Waals surface area contributed by atoms with Crippen LogP contribution in [0.3, 0.4) is 0 Å². The number of hydrogen-bond acceptors (Lipinski definition) is 4. The Balaban J connectivity index is 1.73. The Kier molecular flexibility index (Phi) is 5.85. The fourth-order valence-electron chi connectivity index (χ4n) is 3.28. The quantitative estimate of drug-likeness (QED) is 0.720. The SMILES string of the molecule is O=C(Nc1ccccc1F)c1ccsc1NC(=O)C1CCCCC1C(=O)O. The fraction of sp³-hybridized carbons (Fsp3) is 0.316. The Morgan fingerprint density at radius 1 is 1.04 bits per heavy atom. The molecule has 2 amide bonds. The van der Waals surface area contributed by atoms with Crippen LogP contribution in [0.1, 0.15) is 36.0 Å². The molecular formula is C19H19FN2O4S. The standard InChI is InChI=1S/C19H19FN2O4S/c20-14-7-3-4-8-15(14)21-17(24)13-9-10-27-18(13)22-16(23)11-5-1-2-6-12(11)19(25)26/h3-4,7-12H,1-2,5-6H2,(H,21,24)(H,22,23)(H,25,26). The number of rotatable bonds is 5. The number of carbonyl (C=O) groups is 3. The number of thiophene rings is 1. The summed E-state index contributed by atoms with van der Waals surface area (Å²) >= 11 is 1.16. The molecule has 1 aliphatic carbocycles. The second kappa shape index (κ2) is 8.30. The summed E-state index contributed by atoms with van der Waals surface area (Å²) in [5.41, 5.74) is 0.253. The maximum absolute atomic E-state index is 13.7. The Bertz CT molecular complexity index is 867. The number of para-hydroxylation sites is 1. The van der Waals surface area contributed by atoms with Gasteiger partial charge in [0.2, 0.25) is 5.91 Å². The molecule has 142 valence electrons. The van der Waals surface area contributed by atoms with Crippen molar-refractivity contribution in [3.8, 4) is 0 Å². The second-order valence-electron chi connectivity index (χ2n) is 6.42. The first-order valence-corrected chi connectivity index (χ1v) is 9.52. The van der Waals surface area contributed by atoms with E-state index in [2.05, 4.69) is 10.6 Å². The van der Waals surface area contributed by atoms with Gasteiger partial charge in [-0.25, -0.2) is 4.39 Å². The lowest BCUT2D eigenvalue weighted by atomic mass is 9.79. The van der Waals surface area contributed by atoms with E-state index in [-0.39, 0.29) is 11.3 Å². The highest BCUT2D eigenvalue weighted by molar-refractivity contribution is 7.14. The smallest absolute Gasteiger partial charge is 0.307 e. The summed E-state index contributed by atoms with van der Waals surface area (Å²) in [7, 11) is 0. The second-order valence-corrected chi connectivity index (χ2v) is 7.34. The highest BCUT2D eigenvalue weighted by atomic mass is 32.1. The van der Waals surface area contributed by atoms with Crippen molar-refractivity contribution in [1.29, 1.82) is 0 Å². The van der Waals surface area contributed by atoms with Crippen LogP contribution in [0.25, 0.3) is 0 Å². The first-order valence-electron chi connectivity index (χ1n) is 8.64. The lowest BCUT2D eigenvalue weighted by Crippen LogP contribution is -2.36. The minimum atomic E-state index is -0.974. The summed E-state index contributed by atoms with van der Waals surface area (Å²) in [6.07, 6.45) is 2.56. The van der Waals surface area contributed by atoms with Gasteiger partial charge in [-0.2, -0.15) is 0 Å². The maximum Gasteiger partial charge on any atom is 0.307 e. The van der Waals surface area contributed by atoms with Crippen molar-refractivity contribution in [3.63, 3.8) is 0 Å². The molecule has 1 saturated carbocycles. The minimum Gasteiger partial charge on any atom is -0.481 e. The van der Waals surface area contributed by atoms with Crippen LogP contribution in [-0.4, -0.2) is 22.9 Å². The summed E-state index contributed by atoms with van der Waals surface area (Å²) in [5, 5.41) is 16.5. The van der Waals surface area contributed by atoms with Gasteiger partial charge in [0.15, 0.2) is 0 Å². The van der Waals surface area contributed by atoms with E-state index in [9.17, 15) is 23.9 Å². The van der Waals surface area contributed by atoms with Gasteiger partial charge in [-0.3, -0.25) is 14.4 Å². The number of amides is 2. The summed E-state index contributed by atoms with van der Waals surface area (Å²) < 4.78 is 13.7. The average Bonchev–Trinajstić information content (AvgIpc) is 3.11.